The first-order valence-electron chi connectivity index (χ1n) is 8.77. The minimum Gasteiger partial charge on any atom is -0.506 e. The third kappa shape index (κ3) is 5.46. The predicted octanol–water partition coefficient (Wildman–Crippen LogP) is 7.00. The summed E-state index contributed by atoms with van der Waals surface area (Å²) in [6.45, 7) is 0. The molecular formula is C20H18Br4N2O2. The van der Waals surface area contributed by atoms with Crippen LogP contribution in [0.1, 0.15) is 36.8 Å². The fraction of sp³-hybridized carbons (Fsp3) is 0.300. The van der Waals surface area contributed by atoms with Gasteiger partial charge in [0.15, 0.2) is 0 Å². The fourth-order valence-electron chi connectivity index (χ4n) is 3.16. The number of phenols is 2. The van der Waals surface area contributed by atoms with E-state index in [-0.39, 0.29) is 23.6 Å². The highest BCUT2D eigenvalue weighted by molar-refractivity contribution is 9.11. The Labute approximate surface area is 197 Å². The van der Waals surface area contributed by atoms with Crippen LogP contribution in [0.15, 0.2) is 52.1 Å². The molecule has 1 aliphatic rings. The topological polar surface area (TPSA) is 65.2 Å². The highest BCUT2D eigenvalue weighted by Crippen LogP contribution is 2.33. The lowest BCUT2D eigenvalue weighted by Gasteiger charge is -2.25. The van der Waals surface area contributed by atoms with Crippen molar-refractivity contribution in [3.05, 3.63) is 53.3 Å². The highest BCUT2D eigenvalue weighted by atomic mass is 79.9. The quantitative estimate of drug-likeness (QED) is 0.355. The number of rotatable bonds is 4. The smallest absolute Gasteiger partial charge is 0.138 e. The molecule has 4 nitrogen and oxygen atoms in total. The molecule has 0 amide bonds. The molecule has 1 saturated carbocycles. The van der Waals surface area contributed by atoms with Crippen molar-refractivity contribution < 1.29 is 10.2 Å². The molecule has 2 N–H and O–H groups in total. The van der Waals surface area contributed by atoms with E-state index in [2.05, 4.69) is 63.7 Å². The van der Waals surface area contributed by atoms with Crippen LogP contribution in [0.5, 0.6) is 11.5 Å². The van der Waals surface area contributed by atoms with E-state index in [1.807, 2.05) is 12.1 Å². The summed E-state index contributed by atoms with van der Waals surface area (Å²) in [6.07, 6.45) is 7.55. The Bertz CT molecular complexity index is 855. The van der Waals surface area contributed by atoms with Crippen LogP contribution in [-0.4, -0.2) is 34.7 Å². The Morgan fingerprint density at radius 3 is 1.50 bits per heavy atom. The summed E-state index contributed by atoms with van der Waals surface area (Å²) >= 11 is 13.6. The average molecular weight is 638 g/mol. The molecule has 0 saturated heterocycles. The molecular weight excluding hydrogens is 620 g/mol. The van der Waals surface area contributed by atoms with Gasteiger partial charge in [-0.15, -0.1) is 0 Å². The van der Waals surface area contributed by atoms with E-state index in [0.717, 1.165) is 34.6 Å². The molecule has 148 valence electrons. The number of hydrogen-bond donors (Lipinski definition) is 2. The Morgan fingerprint density at radius 2 is 1.11 bits per heavy atom. The van der Waals surface area contributed by atoms with Gasteiger partial charge in [0.25, 0.3) is 0 Å². The third-order valence-corrected chi connectivity index (χ3v) is 6.74. The van der Waals surface area contributed by atoms with Gasteiger partial charge in [0.2, 0.25) is 0 Å². The molecule has 2 aromatic carbocycles. The van der Waals surface area contributed by atoms with E-state index in [4.69, 9.17) is 9.98 Å². The Balaban J connectivity index is 1.82. The maximum absolute atomic E-state index is 10.2. The summed E-state index contributed by atoms with van der Waals surface area (Å²) in [4.78, 5) is 9.45. The van der Waals surface area contributed by atoms with E-state index >= 15 is 0 Å². The summed E-state index contributed by atoms with van der Waals surface area (Å²) in [7, 11) is 0. The molecule has 8 heteroatoms. The van der Waals surface area contributed by atoms with Gasteiger partial charge in [-0.3, -0.25) is 9.98 Å². The van der Waals surface area contributed by atoms with Gasteiger partial charge in [-0.25, -0.2) is 0 Å². The largest absolute Gasteiger partial charge is 0.506 e. The zero-order valence-corrected chi connectivity index (χ0v) is 21.1. The van der Waals surface area contributed by atoms with Gasteiger partial charge < -0.3 is 10.2 Å². The maximum atomic E-state index is 10.2. The van der Waals surface area contributed by atoms with Gasteiger partial charge in [-0.05, 0) is 69.0 Å². The molecule has 2 atom stereocenters. The average Bonchev–Trinajstić information content (AvgIpc) is 2.65. The first kappa shape index (κ1) is 22.0. The minimum atomic E-state index is 0.0416. The summed E-state index contributed by atoms with van der Waals surface area (Å²) in [5.74, 6) is 0.346. The maximum Gasteiger partial charge on any atom is 0.138 e. The highest BCUT2D eigenvalue weighted by Gasteiger charge is 2.23. The van der Waals surface area contributed by atoms with Gasteiger partial charge in [0.1, 0.15) is 11.5 Å². The molecule has 0 bridgehead atoms. The molecule has 0 spiro atoms. The molecule has 2 unspecified atom stereocenters. The molecule has 0 radical (unpaired) electrons. The second-order valence-electron chi connectivity index (χ2n) is 6.63. The molecule has 0 aliphatic heterocycles. The minimum absolute atomic E-state index is 0.0416. The summed E-state index contributed by atoms with van der Waals surface area (Å²) < 4.78 is 2.98. The zero-order valence-electron chi connectivity index (χ0n) is 14.7. The standard InChI is InChI=1S/C20H18Br4N2O2/c21-13-5-11(19(27)15(23)7-13)9-25-17-3-1-2-4-18(17)26-10-12-6-14(22)8-16(24)20(12)28/h5-10,17-18,27-28H,1-4H2/b25-9+,26-10+. The Hall–Kier alpha value is -0.700. The van der Waals surface area contributed by atoms with Crippen molar-refractivity contribution in [2.75, 3.05) is 0 Å². The summed E-state index contributed by atoms with van der Waals surface area (Å²) in [6, 6.07) is 7.34. The number of aromatic hydroxyl groups is 2. The van der Waals surface area contributed by atoms with Crippen LogP contribution in [0, 0.1) is 0 Å². The van der Waals surface area contributed by atoms with Gasteiger partial charge >= 0.3 is 0 Å². The number of hydrogen-bond acceptors (Lipinski definition) is 4. The lowest BCUT2D eigenvalue weighted by atomic mass is 9.91. The first-order chi connectivity index (χ1) is 13.3. The van der Waals surface area contributed by atoms with Crippen molar-refractivity contribution in [1.29, 1.82) is 0 Å². The number of aliphatic imine (C=N–C) groups is 2. The molecule has 3 rings (SSSR count). The summed E-state index contributed by atoms with van der Waals surface area (Å²) in [5.41, 5.74) is 1.31. The lowest BCUT2D eigenvalue weighted by molar-refractivity contribution is 0.390. The zero-order chi connectivity index (χ0) is 20.3. The van der Waals surface area contributed by atoms with Gasteiger partial charge in [-0.2, -0.15) is 0 Å². The van der Waals surface area contributed by atoms with E-state index in [0.29, 0.717) is 20.1 Å². The molecule has 28 heavy (non-hydrogen) atoms. The van der Waals surface area contributed by atoms with Crippen LogP contribution >= 0.6 is 63.7 Å². The van der Waals surface area contributed by atoms with Crippen LogP contribution in [-0.2, 0) is 0 Å². The second-order valence-corrected chi connectivity index (χ2v) is 10.2. The van der Waals surface area contributed by atoms with Gasteiger partial charge in [0, 0.05) is 32.5 Å². The van der Waals surface area contributed by atoms with Gasteiger partial charge in [0.05, 0.1) is 21.0 Å². The number of phenolic OH excluding ortho intramolecular Hbond substituents is 2. The van der Waals surface area contributed by atoms with E-state index in [9.17, 15) is 10.2 Å². The van der Waals surface area contributed by atoms with Crippen molar-refractivity contribution in [3.63, 3.8) is 0 Å². The molecule has 0 aromatic heterocycles. The predicted molar refractivity (Wildman–Crippen MR) is 128 cm³/mol. The Kier molecular flexibility index (Phi) is 7.75. The van der Waals surface area contributed by atoms with Crippen LogP contribution in [0.4, 0.5) is 0 Å². The summed E-state index contributed by atoms with van der Waals surface area (Å²) in [5, 5.41) is 20.5. The number of benzene rings is 2. The van der Waals surface area contributed by atoms with E-state index in [1.54, 1.807) is 24.6 Å². The number of halogens is 4. The van der Waals surface area contributed by atoms with E-state index < -0.39 is 0 Å². The SMILES string of the molecule is Oc1c(Br)cc(Br)cc1/C=N/C1CCCCC1/N=C/c1cc(Br)cc(Br)c1O. The van der Waals surface area contributed by atoms with E-state index in [1.165, 1.54) is 0 Å². The monoisotopic (exact) mass is 634 g/mol. The van der Waals surface area contributed by atoms with Crippen LogP contribution in [0.25, 0.3) is 0 Å². The molecule has 1 aliphatic carbocycles. The van der Waals surface area contributed by atoms with Crippen LogP contribution in [0.3, 0.4) is 0 Å². The van der Waals surface area contributed by atoms with Crippen LogP contribution < -0.4 is 0 Å². The van der Waals surface area contributed by atoms with Crippen molar-refractivity contribution in [2.24, 2.45) is 9.98 Å². The fourth-order valence-corrected chi connectivity index (χ4v) is 5.68. The molecule has 2 aromatic rings. The second kappa shape index (κ2) is 9.87. The first-order valence-corrected chi connectivity index (χ1v) is 11.9. The molecule has 0 heterocycles. The van der Waals surface area contributed by atoms with Gasteiger partial charge in [-0.1, -0.05) is 44.7 Å². The van der Waals surface area contributed by atoms with Crippen molar-refractivity contribution in [3.8, 4) is 11.5 Å². The lowest BCUT2D eigenvalue weighted by Crippen LogP contribution is -2.27. The Morgan fingerprint density at radius 1 is 0.714 bits per heavy atom. The normalized spacial score (nSPS) is 20.3. The molecule has 1 fully saturated rings. The van der Waals surface area contributed by atoms with Crippen molar-refractivity contribution in [1.82, 2.24) is 0 Å². The van der Waals surface area contributed by atoms with Crippen molar-refractivity contribution in [2.45, 2.75) is 37.8 Å². The number of nitrogens with zero attached hydrogens (tertiary/aromatic N) is 2. The van der Waals surface area contributed by atoms with Crippen LogP contribution in [0.2, 0.25) is 0 Å². The van der Waals surface area contributed by atoms with Crippen molar-refractivity contribution >= 4 is 76.1 Å². The third-order valence-electron chi connectivity index (χ3n) is 4.62.